The number of hydrogen-bond donors (Lipinski definition) is 2. The summed E-state index contributed by atoms with van der Waals surface area (Å²) < 4.78 is 0. The van der Waals surface area contributed by atoms with Crippen LogP contribution in [-0.4, -0.2) is 28.1 Å². The molecule has 2 rings (SSSR count). The molecule has 0 atom stereocenters. The normalized spacial score (nSPS) is 10.3. The molecule has 0 aliphatic heterocycles. The molecule has 0 saturated carbocycles. The number of carbonyl (C=O) groups excluding carboxylic acids is 1. The van der Waals surface area contributed by atoms with E-state index in [2.05, 4.69) is 0 Å². The highest BCUT2D eigenvalue weighted by Crippen LogP contribution is 2.21. The van der Waals surface area contributed by atoms with Crippen LogP contribution in [0.5, 0.6) is 11.5 Å². The zero-order valence-electron chi connectivity index (χ0n) is 11.5. The maximum Gasteiger partial charge on any atom is 0.254 e. The summed E-state index contributed by atoms with van der Waals surface area (Å²) in [5, 5.41) is 18.8. The number of phenols is 2. The van der Waals surface area contributed by atoms with Crippen LogP contribution < -0.4 is 0 Å². The molecule has 2 aromatic rings. The quantitative estimate of drug-likeness (QED) is 0.902. The minimum Gasteiger partial charge on any atom is -0.508 e. The van der Waals surface area contributed by atoms with Crippen molar-refractivity contribution in [3.63, 3.8) is 0 Å². The Balaban J connectivity index is 2.16. The van der Waals surface area contributed by atoms with E-state index in [-0.39, 0.29) is 23.0 Å². The summed E-state index contributed by atoms with van der Waals surface area (Å²) in [7, 11) is 1.69. The molecule has 104 valence electrons. The molecule has 0 radical (unpaired) electrons. The average molecular weight is 271 g/mol. The molecule has 1 amide bonds. The summed E-state index contributed by atoms with van der Waals surface area (Å²) in [6.07, 6.45) is 0. The summed E-state index contributed by atoms with van der Waals surface area (Å²) in [6, 6.07) is 11.8. The van der Waals surface area contributed by atoms with Crippen molar-refractivity contribution >= 4 is 5.91 Å². The van der Waals surface area contributed by atoms with E-state index >= 15 is 0 Å². The van der Waals surface area contributed by atoms with Gasteiger partial charge in [-0.3, -0.25) is 4.79 Å². The zero-order valence-corrected chi connectivity index (χ0v) is 11.5. The van der Waals surface area contributed by atoms with E-state index in [1.807, 2.05) is 31.2 Å². The van der Waals surface area contributed by atoms with Gasteiger partial charge in [-0.15, -0.1) is 0 Å². The van der Waals surface area contributed by atoms with Crippen LogP contribution in [0.1, 0.15) is 21.5 Å². The molecule has 0 aromatic heterocycles. The van der Waals surface area contributed by atoms with Gasteiger partial charge in [-0.1, -0.05) is 29.8 Å². The van der Waals surface area contributed by atoms with Crippen molar-refractivity contribution < 1.29 is 15.0 Å². The average Bonchev–Trinajstić information content (AvgIpc) is 2.36. The largest absolute Gasteiger partial charge is 0.508 e. The van der Waals surface area contributed by atoms with Gasteiger partial charge in [0.1, 0.15) is 11.5 Å². The molecule has 2 N–H and O–H groups in total. The third-order valence-corrected chi connectivity index (χ3v) is 3.00. The first kappa shape index (κ1) is 13.9. The number of benzene rings is 2. The first-order valence-corrected chi connectivity index (χ1v) is 6.30. The summed E-state index contributed by atoms with van der Waals surface area (Å²) in [6.45, 7) is 2.47. The van der Waals surface area contributed by atoms with E-state index in [4.69, 9.17) is 0 Å². The summed E-state index contributed by atoms with van der Waals surface area (Å²) >= 11 is 0. The van der Waals surface area contributed by atoms with Gasteiger partial charge >= 0.3 is 0 Å². The molecule has 4 heteroatoms. The number of aromatic hydroxyl groups is 2. The third-order valence-electron chi connectivity index (χ3n) is 3.00. The standard InChI is InChI=1S/C16H17NO3/c1-11-4-3-5-12(6-11)10-17(2)16(20)13-7-14(18)9-15(19)8-13/h3-9,18-19H,10H2,1-2H3. The van der Waals surface area contributed by atoms with Crippen molar-refractivity contribution in [1.82, 2.24) is 4.90 Å². The fraction of sp³-hybridized carbons (Fsp3) is 0.188. The maximum atomic E-state index is 12.2. The molecule has 2 aromatic carbocycles. The Morgan fingerprint density at radius 3 is 2.35 bits per heavy atom. The molecule has 0 fully saturated rings. The lowest BCUT2D eigenvalue weighted by Crippen LogP contribution is -2.26. The fourth-order valence-electron chi connectivity index (χ4n) is 2.10. The predicted octanol–water partition coefficient (Wildman–Crippen LogP) is 2.68. The van der Waals surface area contributed by atoms with Gasteiger partial charge in [-0.2, -0.15) is 0 Å². The minimum absolute atomic E-state index is 0.127. The fourth-order valence-corrected chi connectivity index (χ4v) is 2.10. The second kappa shape index (κ2) is 5.65. The minimum atomic E-state index is -0.252. The molecule has 0 spiro atoms. The van der Waals surface area contributed by atoms with Gasteiger partial charge in [0.15, 0.2) is 0 Å². The molecule has 0 unspecified atom stereocenters. The number of aryl methyl sites for hydroxylation is 1. The third kappa shape index (κ3) is 3.29. The second-order valence-electron chi connectivity index (χ2n) is 4.89. The highest BCUT2D eigenvalue weighted by molar-refractivity contribution is 5.94. The van der Waals surface area contributed by atoms with Crippen LogP contribution in [0.3, 0.4) is 0 Å². The van der Waals surface area contributed by atoms with E-state index in [9.17, 15) is 15.0 Å². The molecular formula is C16H17NO3. The Bertz CT molecular complexity index is 617. The Labute approximate surface area is 117 Å². The van der Waals surface area contributed by atoms with Crippen LogP contribution >= 0.6 is 0 Å². The van der Waals surface area contributed by atoms with Gasteiger partial charge in [-0.25, -0.2) is 0 Å². The van der Waals surface area contributed by atoms with E-state index in [0.29, 0.717) is 6.54 Å². The highest BCUT2D eigenvalue weighted by atomic mass is 16.3. The first-order valence-electron chi connectivity index (χ1n) is 6.30. The summed E-state index contributed by atoms with van der Waals surface area (Å²) in [4.78, 5) is 13.8. The number of amides is 1. The van der Waals surface area contributed by atoms with E-state index < -0.39 is 0 Å². The van der Waals surface area contributed by atoms with Crippen LogP contribution in [0.15, 0.2) is 42.5 Å². The van der Waals surface area contributed by atoms with Gasteiger partial charge in [0.05, 0.1) is 0 Å². The molecule has 0 heterocycles. The number of carbonyl (C=O) groups is 1. The molecule has 4 nitrogen and oxygen atoms in total. The number of phenolic OH excluding ortho intramolecular Hbond substituents is 2. The van der Waals surface area contributed by atoms with Crippen LogP contribution in [-0.2, 0) is 6.54 Å². The van der Waals surface area contributed by atoms with Crippen LogP contribution in [0.4, 0.5) is 0 Å². The van der Waals surface area contributed by atoms with Crippen LogP contribution in [0.25, 0.3) is 0 Å². The van der Waals surface area contributed by atoms with Crippen molar-refractivity contribution in [3.8, 4) is 11.5 Å². The van der Waals surface area contributed by atoms with Crippen molar-refractivity contribution in [2.24, 2.45) is 0 Å². The van der Waals surface area contributed by atoms with Gasteiger partial charge in [0.2, 0.25) is 0 Å². The van der Waals surface area contributed by atoms with Crippen molar-refractivity contribution in [2.45, 2.75) is 13.5 Å². The molecular weight excluding hydrogens is 254 g/mol. The Morgan fingerprint density at radius 2 is 1.75 bits per heavy atom. The van der Waals surface area contributed by atoms with E-state index in [0.717, 1.165) is 11.1 Å². The van der Waals surface area contributed by atoms with E-state index in [1.54, 1.807) is 11.9 Å². The molecule has 0 bridgehead atoms. The number of nitrogens with zero attached hydrogens (tertiary/aromatic N) is 1. The SMILES string of the molecule is Cc1cccc(CN(C)C(=O)c2cc(O)cc(O)c2)c1. The van der Waals surface area contributed by atoms with Crippen LogP contribution in [0, 0.1) is 6.92 Å². The molecule has 20 heavy (non-hydrogen) atoms. The maximum absolute atomic E-state index is 12.2. The Hall–Kier alpha value is -2.49. The number of rotatable bonds is 3. The van der Waals surface area contributed by atoms with Gasteiger partial charge in [-0.05, 0) is 24.6 Å². The van der Waals surface area contributed by atoms with Crippen molar-refractivity contribution in [3.05, 3.63) is 59.2 Å². The van der Waals surface area contributed by atoms with E-state index in [1.165, 1.54) is 18.2 Å². The number of hydrogen-bond acceptors (Lipinski definition) is 3. The lowest BCUT2D eigenvalue weighted by molar-refractivity contribution is 0.0784. The zero-order chi connectivity index (χ0) is 14.7. The lowest BCUT2D eigenvalue weighted by atomic mass is 10.1. The van der Waals surface area contributed by atoms with Gasteiger partial charge in [0, 0.05) is 25.2 Å². The molecule has 0 saturated heterocycles. The predicted molar refractivity (Wildman–Crippen MR) is 76.7 cm³/mol. The Kier molecular flexibility index (Phi) is 3.94. The van der Waals surface area contributed by atoms with Crippen molar-refractivity contribution in [1.29, 1.82) is 0 Å². The van der Waals surface area contributed by atoms with Gasteiger partial charge in [0.25, 0.3) is 5.91 Å². The first-order chi connectivity index (χ1) is 9.45. The molecule has 0 aliphatic carbocycles. The lowest BCUT2D eigenvalue weighted by Gasteiger charge is -2.18. The second-order valence-corrected chi connectivity index (χ2v) is 4.89. The smallest absolute Gasteiger partial charge is 0.254 e. The summed E-state index contributed by atoms with van der Waals surface area (Å²) in [5.41, 5.74) is 2.43. The highest BCUT2D eigenvalue weighted by Gasteiger charge is 2.14. The monoisotopic (exact) mass is 271 g/mol. The van der Waals surface area contributed by atoms with Crippen LogP contribution in [0.2, 0.25) is 0 Å². The van der Waals surface area contributed by atoms with Gasteiger partial charge < -0.3 is 15.1 Å². The summed E-state index contributed by atoms with van der Waals surface area (Å²) in [5.74, 6) is -0.507. The Morgan fingerprint density at radius 1 is 1.10 bits per heavy atom. The molecule has 0 aliphatic rings. The topological polar surface area (TPSA) is 60.8 Å². The van der Waals surface area contributed by atoms with Crippen molar-refractivity contribution in [2.75, 3.05) is 7.05 Å².